The Hall–Kier alpha value is -2.36. The van der Waals surface area contributed by atoms with Crippen molar-refractivity contribution < 1.29 is 0 Å². The van der Waals surface area contributed by atoms with Gasteiger partial charge in [0.1, 0.15) is 0 Å². The summed E-state index contributed by atoms with van der Waals surface area (Å²) in [6.45, 7) is 5.43. The minimum atomic E-state index is 0. The van der Waals surface area contributed by atoms with Crippen molar-refractivity contribution in [2.24, 2.45) is 4.99 Å². The molecule has 0 saturated heterocycles. The van der Waals surface area contributed by atoms with E-state index in [1.807, 2.05) is 33.9 Å². The number of hydrogen-bond donors (Lipinski definition) is 2. The van der Waals surface area contributed by atoms with E-state index in [9.17, 15) is 0 Å². The summed E-state index contributed by atoms with van der Waals surface area (Å²) in [5.41, 5.74) is 2.36. The Morgan fingerprint density at radius 1 is 1.04 bits per heavy atom. The van der Waals surface area contributed by atoms with Gasteiger partial charge in [0, 0.05) is 51.0 Å². The summed E-state index contributed by atoms with van der Waals surface area (Å²) < 4.78 is 3.80. The molecule has 0 atom stereocenters. The smallest absolute Gasteiger partial charge is 0.191 e. The van der Waals surface area contributed by atoms with Crippen LogP contribution in [0, 0.1) is 0 Å². The molecule has 0 saturated carbocycles. The molecular formula is C20H28IN7. The second-order valence-corrected chi connectivity index (χ2v) is 6.18. The van der Waals surface area contributed by atoms with Crippen molar-refractivity contribution in [3.8, 4) is 5.69 Å². The molecule has 28 heavy (non-hydrogen) atoms. The highest BCUT2D eigenvalue weighted by molar-refractivity contribution is 14.0. The minimum Gasteiger partial charge on any atom is -0.357 e. The Morgan fingerprint density at radius 3 is 2.50 bits per heavy atom. The lowest BCUT2D eigenvalue weighted by atomic mass is 10.1. The summed E-state index contributed by atoms with van der Waals surface area (Å²) in [7, 11) is 0. The summed E-state index contributed by atoms with van der Waals surface area (Å²) in [6, 6.07) is 12.3. The van der Waals surface area contributed by atoms with Crippen molar-refractivity contribution in [2.45, 2.75) is 26.3 Å². The van der Waals surface area contributed by atoms with Crippen molar-refractivity contribution in [1.82, 2.24) is 30.2 Å². The lowest BCUT2D eigenvalue weighted by Crippen LogP contribution is -2.38. The van der Waals surface area contributed by atoms with Crippen LogP contribution in [-0.2, 0) is 13.0 Å². The van der Waals surface area contributed by atoms with E-state index in [0.717, 1.165) is 50.7 Å². The summed E-state index contributed by atoms with van der Waals surface area (Å²) in [5, 5.41) is 15.2. The lowest BCUT2D eigenvalue weighted by molar-refractivity contribution is 0.584. The molecule has 0 fully saturated rings. The van der Waals surface area contributed by atoms with Gasteiger partial charge >= 0.3 is 0 Å². The minimum absolute atomic E-state index is 0. The van der Waals surface area contributed by atoms with E-state index in [1.54, 1.807) is 12.4 Å². The van der Waals surface area contributed by atoms with Crippen LogP contribution < -0.4 is 10.6 Å². The number of aromatic nitrogens is 4. The summed E-state index contributed by atoms with van der Waals surface area (Å²) in [6.07, 6.45) is 9.42. The molecule has 8 heteroatoms. The molecule has 2 aromatic heterocycles. The predicted octanol–water partition coefficient (Wildman–Crippen LogP) is 2.87. The van der Waals surface area contributed by atoms with Gasteiger partial charge in [-0.05, 0) is 49.6 Å². The second-order valence-electron chi connectivity index (χ2n) is 6.18. The van der Waals surface area contributed by atoms with Gasteiger partial charge in [-0.1, -0.05) is 12.1 Å². The SMILES string of the molecule is CCNC(=NCCCn1cccn1)NCCc1ccc(-n2cccn2)cc1.I. The number of rotatable bonds is 9. The highest BCUT2D eigenvalue weighted by atomic mass is 127. The fourth-order valence-corrected chi connectivity index (χ4v) is 2.76. The maximum absolute atomic E-state index is 4.63. The Balaban J connectivity index is 0.00000280. The standard InChI is InChI=1S/C20H27N7.HI/c1-2-21-20(22-11-3-15-26-16-4-12-24-26)23-14-10-18-6-8-19(9-7-18)27-17-5-13-25-27;/h4-9,12-13,16-17H,2-3,10-11,14-15H2,1H3,(H2,21,22,23);1H. The van der Waals surface area contributed by atoms with E-state index in [-0.39, 0.29) is 24.0 Å². The first-order valence-electron chi connectivity index (χ1n) is 9.43. The predicted molar refractivity (Wildman–Crippen MR) is 124 cm³/mol. The zero-order chi connectivity index (χ0) is 18.7. The van der Waals surface area contributed by atoms with Crippen LogP contribution in [-0.4, -0.2) is 45.2 Å². The first kappa shape index (κ1) is 21.9. The molecule has 0 amide bonds. The Morgan fingerprint density at radius 2 is 1.82 bits per heavy atom. The van der Waals surface area contributed by atoms with E-state index in [2.05, 4.69) is 57.0 Å². The molecule has 2 heterocycles. The molecule has 0 aliphatic carbocycles. The number of guanidine groups is 1. The van der Waals surface area contributed by atoms with Gasteiger partial charge in [-0.2, -0.15) is 10.2 Å². The first-order valence-corrected chi connectivity index (χ1v) is 9.43. The number of nitrogens with zero attached hydrogens (tertiary/aromatic N) is 5. The van der Waals surface area contributed by atoms with Gasteiger partial charge < -0.3 is 10.6 Å². The van der Waals surface area contributed by atoms with E-state index >= 15 is 0 Å². The number of hydrogen-bond acceptors (Lipinski definition) is 3. The molecule has 2 N–H and O–H groups in total. The quantitative estimate of drug-likeness (QED) is 0.208. The normalized spacial score (nSPS) is 11.1. The molecule has 3 aromatic rings. The molecule has 0 radical (unpaired) electrons. The molecule has 0 unspecified atom stereocenters. The molecule has 3 rings (SSSR count). The van der Waals surface area contributed by atoms with Gasteiger partial charge in [0.25, 0.3) is 0 Å². The van der Waals surface area contributed by atoms with Gasteiger partial charge in [-0.25, -0.2) is 4.68 Å². The van der Waals surface area contributed by atoms with E-state index < -0.39 is 0 Å². The van der Waals surface area contributed by atoms with Crippen LogP contribution in [0.5, 0.6) is 0 Å². The van der Waals surface area contributed by atoms with Gasteiger partial charge in [0.05, 0.1) is 5.69 Å². The van der Waals surface area contributed by atoms with E-state index in [0.29, 0.717) is 0 Å². The molecule has 0 aliphatic heterocycles. The van der Waals surface area contributed by atoms with Gasteiger partial charge in [0.15, 0.2) is 5.96 Å². The fraction of sp³-hybridized carbons (Fsp3) is 0.350. The Labute approximate surface area is 183 Å². The maximum Gasteiger partial charge on any atom is 0.191 e. The second kappa shape index (κ2) is 12.2. The van der Waals surface area contributed by atoms with Gasteiger partial charge in [0.2, 0.25) is 0 Å². The zero-order valence-corrected chi connectivity index (χ0v) is 18.5. The summed E-state index contributed by atoms with van der Waals surface area (Å²) >= 11 is 0. The average molecular weight is 493 g/mol. The third-order valence-corrected chi connectivity index (χ3v) is 4.13. The zero-order valence-electron chi connectivity index (χ0n) is 16.2. The third kappa shape index (κ3) is 6.99. The summed E-state index contributed by atoms with van der Waals surface area (Å²) in [5.74, 6) is 0.867. The largest absolute Gasteiger partial charge is 0.357 e. The van der Waals surface area contributed by atoms with Crippen molar-refractivity contribution in [1.29, 1.82) is 0 Å². The lowest BCUT2D eigenvalue weighted by Gasteiger charge is -2.11. The Bertz CT molecular complexity index is 796. The van der Waals surface area contributed by atoms with Crippen molar-refractivity contribution in [2.75, 3.05) is 19.6 Å². The van der Waals surface area contributed by atoms with Crippen LogP contribution in [0.15, 0.2) is 66.2 Å². The molecule has 7 nitrogen and oxygen atoms in total. The van der Waals surface area contributed by atoms with Crippen LogP contribution in [0.25, 0.3) is 5.69 Å². The van der Waals surface area contributed by atoms with Crippen LogP contribution >= 0.6 is 24.0 Å². The average Bonchev–Trinajstić information content (AvgIpc) is 3.40. The number of aryl methyl sites for hydroxylation is 1. The topological polar surface area (TPSA) is 72.1 Å². The molecular weight excluding hydrogens is 465 g/mol. The summed E-state index contributed by atoms with van der Waals surface area (Å²) in [4.78, 5) is 4.63. The Kier molecular flexibility index (Phi) is 9.53. The third-order valence-electron chi connectivity index (χ3n) is 4.13. The molecule has 0 spiro atoms. The molecule has 150 valence electrons. The number of aliphatic imine (C=N–C) groups is 1. The van der Waals surface area contributed by atoms with Crippen LogP contribution in [0.1, 0.15) is 18.9 Å². The van der Waals surface area contributed by atoms with Gasteiger partial charge in [-0.15, -0.1) is 24.0 Å². The molecule has 0 aliphatic rings. The number of benzene rings is 1. The van der Waals surface area contributed by atoms with Crippen molar-refractivity contribution >= 4 is 29.9 Å². The van der Waals surface area contributed by atoms with E-state index in [4.69, 9.17) is 0 Å². The van der Waals surface area contributed by atoms with Gasteiger partial charge in [-0.3, -0.25) is 9.67 Å². The molecule has 0 bridgehead atoms. The first-order chi connectivity index (χ1) is 13.3. The number of halogens is 1. The van der Waals surface area contributed by atoms with Crippen molar-refractivity contribution in [3.05, 3.63) is 66.7 Å². The van der Waals surface area contributed by atoms with E-state index in [1.165, 1.54) is 5.56 Å². The maximum atomic E-state index is 4.63. The molecule has 1 aromatic carbocycles. The van der Waals surface area contributed by atoms with Crippen LogP contribution in [0.3, 0.4) is 0 Å². The van der Waals surface area contributed by atoms with Crippen LogP contribution in [0.4, 0.5) is 0 Å². The fourth-order valence-electron chi connectivity index (χ4n) is 2.76. The highest BCUT2D eigenvalue weighted by Gasteiger charge is 2.00. The van der Waals surface area contributed by atoms with Crippen molar-refractivity contribution in [3.63, 3.8) is 0 Å². The highest BCUT2D eigenvalue weighted by Crippen LogP contribution is 2.08. The monoisotopic (exact) mass is 493 g/mol. The number of nitrogens with one attached hydrogen (secondary N) is 2. The van der Waals surface area contributed by atoms with Crippen LogP contribution in [0.2, 0.25) is 0 Å².